The fourth-order valence-corrected chi connectivity index (χ4v) is 5.72. The molecule has 0 spiro atoms. The highest BCUT2D eigenvalue weighted by atomic mass is 35.5. The third-order valence-corrected chi connectivity index (χ3v) is 8.00. The number of alkyl halides is 3. The zero-order valence-corrected chi connectivity index (χ0v) is 21.6. The summed E-state index contributed by atoms with van der Waals surface area (Å²) in [5, 5.41) is 13.2. The highest BCUT2D eigenvalue weighted by Gasteiger charge is 2.35. The van der Waals surface area contributed by atoms with Crippen molar-refractivity contribution in [2.75, 3.05) is 37.0 Å². The van der Waals surface area contributed by atoms with E-state index >= 15 is 0 Å². The van der Waals surface area contributed by atoms with Gasteiger partial charge in [-0.05, 0) is 49.1 Å². The number of sulfonamides is 1. The molecule has 204 valence electrons. The average molecular weight is 572 g/mol. The zero-order chi connectivity index (χ0) is 27.9. The molecule has 3 rings (SSSR count). The molecule has 0 radical (unpaired) electrons. The fourth-order valence-electron chi connectivity index (χ4n) is 4.00. The molecule has 0 saturated carbocycles. The Balaban J connectivity index is 1.86. The molecule has 1 saturated heterocycles. The molecule has 1 aliphatic heterocycles. The number of likely N-dealkylation sites (tertiary alicyclic amines) is 1. The van der Waals surface area contributed by atoms with Crippen LogP contribution < -0.4 is 14.9 Å². The summed E-state index contributed by atoms with van der Waals surface area (Å²) < 4.78 is 68.0. The first-order valence-electron chi connectivity index (χ1n) is 11.5. The van der Waals surface area contributed by atoms with Gasteiger partial charge < -0.3 is 15.5 Å². The lowest BCUT2D eigenvalue weighted by atomic mass is 9.98. The molecule has 0 aliphatic carbocycles. The third-order valence-electron chi connectivity index (χ3n) is 5.90. The number of halogens is 4. The van der Waals surface area contributed by atoms with Crippen LogP contribution in [0, 0.1) is 17.2 Å². The van der Waals surface area contributed by atoms with Gasteiger partial charge in [-0.15, -0.1) is 0 Å². The standard InChI is InChI=1S/C24H25ClF3N5O4S/c25-20-9-8-18(24(26,27)28)13-21(20)33(38(36,37)19-6-2-1-3-7-19)16-22(34)32-12-4-5-17(15-32)14-31-23(35)30-11-10-29/h1-3,6-9,13,17H,4-5,11-12,14-16H2,(H2,30,31,35). The maximum Gasteiger partial charge on any atom is 0.416 e. The third kappa shape index (κ3) is 7.29. The summed E-state index contributed by atoms with van der Waals surface area (Å²) >= 11 is 6.17. The Kier molecular flexibility index (Phi) is 9.45. The summed E-state index contributed by atoms with van der Waals surface area (Å²) in [4.78, 5) is 26.2. The average Bonchev–Trinajstić information content (AvgIpc) is 2.89. The van der Waals surface area contributed by atoms with E-state index in [0.717, 1.165) is 12.1 Å². The number of anilines is 1. The van der Waals surface area contributed by atoms with Crippen LogP contribution >= 0.6 is 11.6 Å². The van der Waals surface area contributed by atoms with Crippen molar-refractivity contribution >= 4 is 39.2 Å². The minimum absolute atomic E-state index is 0.142. The van der Waals surface area contributed by atoms with Gasteiger partial charge in [0, 0.05) is 19.6 Å². The quantitative estimate of drug-likeness (QED) is 0.469. The monoisotopic (exact) mass is 571 g/mol. The number of nitrogens with one attached hydrogen (secondary N) is 2. The topological polar surface area (TPSA) is 123 Å². The molecule has 9 nitrogen and oxygen atoms in total. The fraction of sp³-hybridized carbons (Fsp3) is 0.375. The maximum atomic E-state index is 13.5. The Bertz CT molecular complexity index is 1300. The van der Waals surface area contributed by atoms with Crippen LogP contribution in [0.3, 0.4) is 0 Å². The van der Waals surface area contributed by atoms with Crippen molar-refractivity contribution in [2.24, 2.45) is 5.92 Å². The van der Waals surface area contributed by atoms with Crippen LogP contribution in [0.5, 0.6) is 0 Å². The summed E-state index contributed by atoms with van der Waals surface area (Å²) in [5.41, 5.74) is -1.58. The van der Waals surface area contributed by atoms with Crippen LogP contribution in [0.15, 0.2) is 53.4 Å². The molecule has 2 aromatic rings. The number of nitriles is 1. The summed E-state index contributed by atoms with van der Waals surface area (Å²) in [6.45, 7) is -0.211. The van der Waals surface area contributed by atoms with Crippen LogP contribution in [-0.4, -0.2) is 58.0 Å². The van der Waals surface area contributed by atoms with E-state index in [-0.39, 0.29) is 35.5 Å². The largest absolute Gasteiger partial charge is 0.416 e. The Hall–Kier alpha value is -3.50. The SMILES string of the molecule is N#CCNC(=O)NCC1CCCN(C(=O)CN(c2cc(C(F)(F)F)ccc2Cl)S(=O)(=O)c2ccccc2)C1. The maximum absolute atomic E-state index is 13.5. The van der Waals surface area contributed by atoms with Crippen molar-refractivity contribution in [3.8, 4) is 6.07 Å². The van der Waals surface area contributed by atoms with Crippen molar-refractivity contribution in [1.82, 2.24) is 15.5 Å². The number of benzene rings is 2. The van der Waals surface area contributed by atoms with E-state index < -0.39 is 45.9 Å². The number of rotatable bonds is 8. The number of amides is 3. The first-order valence-corrected chi connectivity index (χ1v) is 13.4. The molecular weight excluding hydrogens is 547 g/mol. The van der Waals surface area contributed by atoms with Gasteiger partial charge in [0.1, 0.15) is 13.1 Å². The van der Waals surface area contributed by atoms with Crippen LogP contribution in [0.1, 0.15) is 18.4 Å². The molecule has 0 bridgehead atoms. The van der Waals surface area contributed by atoms with E-state index in [1.165, 1.54) is 29.2 Å². The van der Waals surface area contributed by atoms with Crippen molar-refractivity contribution in [3.05, 3.63) is 59.1 Å². The second kappa shape index (κ2) is 12.4. The Morgan fingerprint density at radius 1 is 1.16 bits per heavy atom. The summed E-state index contributed by atoms with van der Waals surface area (Å²) in [5.74, 6) is -0.770. The van der Waals surface area contributed by atoms with Crippen molar-refractivity contribution < 1.29 is 31.2 Å². The van der Waals surface area contributed by atoms with Gasteiger partial charge in [0.2, 0.25) is 5.91 Å². The van der Waals surface area contributed by atoms with Gasteiger partial charge in [-0.1, -0.05) is 29.8 Å². The van der Waals surface area contributed by atoms with Crippen molar-refractivity contribution in [1.29, 1.82) is 5.26 Å². The number of nitrogens with zero attached hydrogens (tertiary/aromatic N) is 3. The highest BCUT2D eigenvalue weighted by molar-refractivity contribution is 7.92. The normalized spacial score (nSPS) is 15.9. The van der Waals surface area contributed by atoms with Gasteiger partial charge in [-0.25, -0.2) is 13.2 Å². The van der Waals surface area contributed by atoms with E-state index in [9.17, 15) is 31.2 Å². The van der Waals surface area contributed by atoms with E-state index in [2.05, 4.69) is 10.6 Å². The van der Waals surface area contributed by atoms with Gasteiger partial charge in [0.15, 0.2) is 0 Å². The van der Waals surface area contributed by atoms with E-state index in [4.69, 9.17) is 16.9 Å². The lowest BCUT2D eigenvalue weighted by Gasteiger charge is -2.35. The smallest absolute Gasteiger partial charge is 0.341 e. The molecule has 3 amide bonds. The van der Waals surface area contributed by atoms with E-state index in [1.807, 2.05) is 0 Å². The molecule has 1 fully saturated rings. The molecule has 14 heteroatoms. The number of carbonyl (C=O) groups is 2. The van der Waals surface area contributed by atoms with Crippen LogP contribution in [0.25, 0.3) is 0 Å². The Morgan fingerprint density at radius 3 is 2.53 bits per heavy atom. The highest BCUT2D eigenvalue weighted by Crippen LogP contribution is 2.37. The summed E-state index contributed by atoms with van der Waals surface area (Å²) in [6, 6.07) is 10.6. The summed E-state index contributed by atoms with van der Waals surface area (Å²) in [6.07, 6.45) is -3.50. The molecule has 1 unspecified atom stereocenters. The predicted octanol–water partition coefficient (Wildman–Crippen LogP) is 3.62. The van der Waals surface area contributed by atoms with Gasteiger partial charge in [-0.2, -0.15) is 18.4 Å². The lowest BCUT2D eigenvalue weighted by molar-refractivity contribution is -0.137. The number of urea groups is 1. The first kappa shape index (κ1) is 29.1. The molecule has 2 N–H and O–H groups in total. The second-order valence-electron chi connectivity index (χ2n) is 8.56. The second-order valence-corrected chi connectivity index (χ2v) is 10.8. The minimum atomic E-state index is -4.77. The van der Waals surface area contributed by atoms with Crippen LogP contribution in [0.2, 0.25) is 5.02 Å². The molecule has 1 heterocycles. The van der Waals surface area contributed by atoms with Gasteiger partial charge in [0.05, 0.1) is 27.2 Å². The Labute approximate surface area is 223 Å². The molecule has 1 atom stereocenters. The van der Waals surface area contributed by atoms with Gasteiger partial charge in [-0.3, -0.25) is 9.10 Å². The molecule has 1 aliphatic rings. The van der Waals surface area contributed by atoms with Crippen molar-refractivity contribution in [3.63, 3.8) is 0 Å². The summed E-state index contributed by atoms with van der Waals surface area (Å²) in [7, 11) is -4.47. The van der Waals surface area contributed by atoms with Gasteiger partial charge in [0.25, 0.3) is 10.0 Å². The predicted molar refractivity (Wildman–Crippen MR) is 134 cm³/mol. The molecule has 0 aromatic heterocycles. The Morgan fingerprint density at radius 2 is 1.87 bits per heavy atom. The first-order chi connectivity index (χ1) is 17.9. The van der Waals surface area contributed by atoms with Gasteiger partial charge >= 0.3 is 12.2 Å². The molecule has 38 heavy (non-hydrogen) atoms. The number of carbonyl (C=O) groups excluding carboxylic acids is 2. The zero-order valence-electron chi connectivity index (χ0n) is 20.0. The minimum Gasteiger partial charge on any atom is -0.341 e. The van der Waals surface area contributed by atoms with Crippen LogP contribution in [0.4, 0.5) is 23.7 Å². The van der Waals surface area contributed by atoms with Crippen LogP contribution in [-0.2, 0) is 21.0 Å². The molecule has 2 aromatic carbocycles. The number of piperidine rings is 1. The lowest BCUT2D eigenvalue weighted by Crippen LogP contribution is -2.49. The molecular formula is C24H25ClF3N5O4S. The number of hydrogen-bond donors (Lipinski definition) is 2. The van der Waals surface area contributed by atoms with Crippen molar-refractivity contribution in [2.45, 2.75) is 23.9 Å². The van der Waals surface area contributed by atoms with E-state index in [0.29, 0.717) is 29.8 Å². The van der Waals surface area contributed by atoms with E-state index in [1.54, 1.807) is 12.1 Å². The number of hydrogen-bond acceptors (Lipinski definition) is 5.